The van der Waals surface area contributed by atoms with Gasteiger partial charge >= 0.3 is 0 Å². The number of nitrogens with zero attached hydrogens (tertiary/aromatic N) is 2. The summed E-state index contributed by atoms with van der Waals surface area (Å²) in [7, 11) is -3.65. The fraction of sp³-hybridized carbons (Fsp3) is 0.0417. The third-order valence-electron chi connectivity index (χ3n) is 5.21. The molecule has 5 heteroatoms. The monoisotopic (exact) mass is 398 g/mol. The molecule has 0 unspecified atom stereocenters. The van der Waals surface area contributed by atoms with E-state index in [0.29, 0.717) is 0 Å². The first kappa shape index (κ1) is 17.6. The van der Waals surface area contributed by atoms with Crippen molar-refractivity contribution >= 4 is 31.6 Å². The lowest BCUT2D eigenvalue weighted by Gasteiger charge is -2.12. The third-order valence-corrected chi connectivity index (χ3v) is 6.87. The van der Waals surface area contributed by atoms with E-state index in [1.54, 1.807) is 42.6 Å². The highest BCUT2D eigenvalue weighted by molar-refractivity contribution is 7.91. The average Bonchev–Trinajstić information content (AvgIpc) is 3.09. The van der Waals surface area contributed by atoms with Crippen LogP contribution in [0.15, 0.2) is 101 Å². The molecule has 3 aromatic carbocycles. The second-order valence-electron chi connectivity index (χ2n) is 7.00. The van der Waals surface area contributed by atoms with Crippen molar-refractivity contribution in [3.8, 4) is 5.69 Å². The van der Waals surface area contributed by atoms with Gasteiger partial charge in [0.25, 0.3) is 0 Å². The number of benzene rings is 3. The van der Waals surface area contributed by atoms with Gasteiger partial charge < -0.3 is 4.57 Å². The summed E-state index contributed by atoms with van der Waals surface area (Å²) in [6, 6.07) is 26.5. The van der Waals surface area contributed by atoms with Gasteiger partial charge in [0.15, 0.2) is 5.03 Å². The molecule has 0 atom stereocenters. The minimum absolute atomic E-state index is 0.0608. The number of aromatic nitrogens is 2. The van der Waals surface area contributed by atoms with Gasteiger partial charge in [-0.1, -0.05) is 54.6 Å². The molecule has 0 bridgehead atoms. The molecule has 2 heterocycles. The Morgan fingerprint density at radius 3 is 1.90 bits per heavy atom. The molecule has 0 aliphatic rings. The first-order valence-electron chi connectivity index (χ1n) is 9.33. The zero-order valence-electron chi connectivity index (χ0n) is 15.8. The van der Waals surface area contributed by atoms with Crippen LogP contribution in [-0.4, -0.2) is 18.0 Å². The minimum atomic E-state index is -3.65. The van der Waals surface area contributed by atoms with Crippen LogP contribution in [0.5, 0.6) is 0 Å². The van der Waals surface area contributed by atoms with E-state index >= 15 is 0 Å². The number of sulfone groups is 1. The van der Waals surface area contributed by atoms with Crippen molar-refractivity contribution in [2.75, 3.05) is 0 Å². The van der Waals surface area contributed by atoms with Gasteiger partial charge in [0.2, 0.25) is 9.84 Å². The number of rotatable bonds is 3. The standard InChI is InChI=1S/C24H18N2O2S/c1-17-15-24(29(27,28)18-9-3-2-4-10-18)25-16-23(17)26-21-13-7-5-11-19(21)20-12-6-8-14-22(20)26/h2-16H,1H3. The predicted octanol–water partition coefficient (Wildman–Crippen LogP) is 5.32. The second-order valence-corrected chi connectivity index (χ2v) is 8.89. The zero-order valence-corrected chi connectivity index (χ0v) is 16.6. The van der Waals surface area contributed by atoms with Crippen molar-refractivity contribution in [1.29, 1.82) is 0 Å². The van der Waals surface area contributed by atoms with Crippen LogP contribution in [0.1, 0.15) is 5.56 Å². The molecule has 0 spiro atoms. The molecule has 4 nitrogen and oxygen atoms in total. The molecule has 29 heavy (non-hydrogen) atoms. The summed E-state index contributed by atoms with van der Waals surface area (Å²) in [5.74, 6) is 0. The second kappa shape index (κ2) is 6.57. The van der Waals surface area contributed by atoms with Gasteiger partial charge in [0.1, 0.15) is 0 Å². The molecule has 0 amide bonds. The molecule has 5 aromatic rings. The van der Waals surface area contributed by atoms with Crippen LogP contribution in [0.3, 0.4) is 0 Å². The fourth-order valence-electron chi connectivity index (χ4n) is 3.81. The van der Waals surface area contributed by atoms with Crippen LogP contribution >= 0.6 is 0 Å². The lowest BCUT2D eigenvalue weighted by molar-refractivity contribution is 0.592. The maximum absolute atomic E-state index is 12.9. The van der Waals surface area contributed by atoms with Crippen LogP contribution in [0.25, 0.3) is 27.5 Å². The Labute approximate surface area is 169 Å². The normalized spacial score (nSPS) is 11.9. The van der Waals surface area contributed by atoms with Gasteiger partial charge in [-0.05, 0) is 42.8 Å². The third kappa shape index (κ3) is 2.74. The molecular weight excluding hydrogens is 380 g/mol. The Hall–Kier alpha value is -3.44. The quantitative estimate of drug-likeness (QED) is 0.413. The Balaban J connectivity index is 1.73. The van der Waals surface area contributed by atoms with Crippen molar-refractivity contribution < 1.29 is 8.42 Å². The Morgan fingerprint density at radius 2 is 1.31 bits per heavy atom. The summed E-state index contributed by atoms with van der Waals surface area (Å²) in [5, 5.41) is 2.37. The highest BCUT2D eigenvalue weighted by Crippen LogP contribution is 2.33. The van der Waals surface area contributed by atoms with Gasteiger partial charge in [-0.25, -0.2) is 13.4 Å². The van der Waals surface area contributed by atoms with Crippen molar-refractivity contribution in [1.82, 2.24) is 9.55 Å². The summed E-state index contributed by atoms with van der Waals surface area (Å²) < 4.78 is 28.0. The molecule has 0 saturated carbocycles. The first-order chi connectivity index (χ1) is 14.1. The van der Waals surface area contributed by atoms with Gasteiger partial charge in [-0.2, -0.15) is 0 Å². The number of pyridine rings is 1. The summed E-state index contributed by atoms with van der Waals surface area (Å²) in [6.07, 6.45) is 1.66. The number of aryl methyl sites for hydroxylation is 1. The van der Waals surface area contributed by atoms with Crippen LogP contribution < -0.4 is 0 Å². The van der Waals surface area contributed by atoms with E-state index in [2.05, 4.69) is 33.8 Å². The maximum atomic E-state index is 12.9. The highest BCUT2D eigenvalue weighted by Gasteiger charge is 2.21. The maximum Gasteiger partial charge on any atom is 0.223 e. The summed E-state index contributed by atoms with van der Waals surface area (Å²) in [6.45, 7) is 1.92. The van der Waals surface area contributed by atoms with Crippen molar-refractivity contribution in [2.24, 2.45) is 0 Å². The lowest BCUT2D eigenvalue weighted by atomic mass is 10.2. The molecule has 5 rings (SSSR count). The van der Waals surface area contributed by atoms with Crippen LogP contribution in [0.2, 0.25) is 0 Å². The SMILES string of the molecule is Cc1cc(S(=O)(=O)c2ccccc2)ncc1-n1c2ccccc2c2ccccc21. The first-order valence-corrected chi connectivity index (χ1v) is 10.8. The predicted molar refractivity (Wildman–Crippen MR) is 115 cm³/mol. The number of para-hydroxylation sites is 2. The molecule has 0 fully saturated rings. The number of fused-ring (bicyclic) bond motifs is 3. The van der Waals surface area contributed by atoms with Crippen LogP contribution in [-0.2, 0) is 9.84 Å². The number of hydrogen-bond acceptors (Lipinski definition) is 3. The summed E-state index contributed by atoms with van der Waals surface area (Å²) in [5.41, 5.74) is 3.85. The van der Waals surface area contributed by atoms with E-state index in [-0.39, 0.29) is 9.92 Å². The van der Waals surface area contributed by atoms with Crippen molar-refractivity contribution in [2.45, 2.75) is 16.8 Å². The molecule has 0 aliphatic heterocycles. The fourth-order valence-corrected chi connectivity index (χ4v) is 5.09. The highest BCUT2D eigenvalue weighted by atomic mass is 32.2. The Morgan fingerprint density at radius 1 is 0.759 bits per heavy atom. The van der Waals surface area contributed by atoms with Gasteiger partial charge in [-0.3, -0.25) is 0 Å². The zero-order chi connectivity index (χ0) is 20.0. The molecule has 0 aliphatic carbocycles. The van der Waals surface area contributed by atoms with Crippen LogP contribution in [0, 0.1) is 6.92 Å². The van der Waals surface area contributed by atoms with E-state index in [1.807, 2.05) is 31.2 Å². The van der Waals surface area contributed by atoms with E-state index in [4.69, 9.17) is 0 Å². The van der Waals surface area contributed by atoms with Crippen LogP contribution in [0.4, 0.5) is 0 Å². The van der Waals surface area contributed by atoms with Gasteiger partial charge in [-0.15, -0.1) is 0 Å². The largest absolute Gasteiger partial charge is 0.307 e. The molecular formula is C24H18N2O2S. The summed E-state index contributed by atoms with van der Waals surface area (Å²) >= 11 is 0. The van der Waals surface area contributed by atoms with Crippen molar-refractivity contribution in [3.63, 3.8) is 0 Å². The van der Waals surface area contributed by atoms with Crippen molar-refractivity contribution in [3.05, 3.63) is 96.7 Å². The van der Waals surface area contributed by atoms with E-state index < -0.39 is 9.84 Å². The Kier molecular flexibility index (Phi) is 4.00. The number of hydrogen-bond donors (Lipinski definition) is 0. The van der Waals surface area contributed by atoms with E-state index in [0.717, 1.165) is 33.1 Å². The minimum Gasteiger partial charge on any atom is -0.307 e. The molecule has 0 saturated heterocycles. The smallest absolute Gasteiger partial charge is 0.223 e. The van der Waals surface area contributed by atoms with Gasteiger partial charge in [0.05, 0.1) is 27.8 Å². The Bertz CT molecular complexity index is 1420. The van der Waals surface area contributed by atoms with Gasteiger partial charge in [0, 0.05) is 10.8 Å². The average molecular weight is 398 g/mol. The van der Waals surface area contributed by atoms with E-state index in [9.17, 15) is 8.42 Å². The topological polar surface area (TPSA) is 52.0 Å². The molecule has 0 radical (unpaired) electrons. The lowest BCUT2D eigenvalue weighted by Crippen LogP contribution is -2.07. The molecule has 142 valence electrons. The summed E-state index contributed by atoms with van der Waals surface area (Å²) in [4.78, 5) is 4.60. The molecule has 2 aromatic heterocycles. The van der Waals surface area contributed by atoms with E-state index in [1.165, 1.54) is 0 Å². The molecule has 0 N–H and O–H groups in total.